The fourth-order valence-corrected chi connectivity index (χ4v) is 2.30. The van der Waals surface area contributed by atoms with Crippen LogP contribution in [0.3, 0.4) is 0 Å². The molecule has 1 fully saturated rings. The zero-order valence-corrected chi connectivity index (χ0v) is 15.1. The molecule has 0 aromatic rings. The van der Waals surface area contributed by atoms with Crippen molar-refractivity contribution in [3.63, 3.8) is 0 Å². The van der Waals surface area contributed by atoms with Gasteiger partial charge in [0.05, 0.1) is 6.61 Å². The van der Waals surface area contributed by atoms with Gasteiger partial charge in [-0.3, -0.25) is 4.99 Å². The van der Waals surface area contributed by atoms with E-state index in [0.717, 1.165) is 38.2 Å². The van der Waals surface area contributed by atoms with Gasteiger partial charge in [0.15, 0.2) is 5.96 Å². The number of hydrogen-bond donors (Lipinski definition) is 1. The van der Waals surface area contributed by atoms with Crippen molar-refractivity contribution in [2.24, 2.45) is 16.8 Å². The van der Waals surface area contributed by atoms with Crippen LogP contribution in [0.2, 0.25) is 0 Å². The second kappa shape index (κ2) is 10.7. The van der Waals surface area contributed by atoms with Crippen LogP contribution in [0.15, 0.2) is 4.99 Å². The first-order valence-corrected chi connectivity index (χ1v) is 7.13. The third-order valence-electron chi connectivity index (χ3n) is 3.37. The van der Waals surface area contributed by atoms with Gasteiger partial charge in [-0.25, -0.2) is 0 Å². The molecule has 4 nitrogen and oxygen atoms in total. The maximum absolute atomic E-state index is 5.41. The van der Waals surface area contributed by atoms with Crippen LogP contribution in [0.1, 0.15) is 33.1 Å². The maximum Gasteiger partial charge on any atom is 0.193 e. The normalized spacial score (nSPS) is 19.4. The number of halogens is 1. The molecule has 1 aliphatic heterocycles. The van der Waals surface area contributed by atoms with Crippen molar-refractivity contribution < 1.29 is 4.74 Å². The zero-order chi connectivity index (χ0) is 13.4. The lowest BCUT2D eigenvalue weighted by atomic mass is 10.1. The molecule has 1 rings (SSSR count). The van der Waals surface area contributed by atoms with Crippen LogP contribution in [0.4, 0.5) is 0 Å². The standard InChI is InChI=1S/C14H29N3O.HI/c1-12(2)6-5-8-16-14(15-3)17(4)10-13-7-9-18-11-13;/h12-13H,5-11H2,1-4H3,(H,15,16);1H. The Morgan fingerprint density at radius 3 is 2.74 bits per heavy atom. The molecule has 5 heteroatoms. The van der Waals surface area contributed by atoms with E-state index >= 15 is 0 Å². The van der Waals surface area contributed by atoms with Gasteiger partial charge in [0.2, 0.25) is 0 Å². The quantitative estimate of drug-likeness (QED) is 0.332. The van der Waals surface area contributed by atoms with E-state index in [4.69, 9.17) is 4.74 Å². The Hall–Kier alpha value is -0.0400. The minimum absolute atomic E-state index is 0. The lowest BCUT2D eigenvalue weighted by Crippen LogP contribution is -2.41. The van der Waals surface area contributed by atoms with Gasteiger partial charge in [-0.2, -0.15) is 0 Å². The number of hydrogen-bond acceptors (Lipinski definition) is 2. The number of rotatable bonds is 6. The predicted octanol–water partition coefficient (Wildman–Crippen LogP) is 2.58. The summed E-state index contributed by atoms with van der Waals surface area (Å²) >= 11 is 0. The molecular formula is C14H30IN3O. The molecule has 1 aliphatic rings. The van der Waals surface area contributed by atoms with Crippen LogP contribution in [-0.4, -0.2) is 51.3 Å². The van der Waals surface area contributed by atoms with Crippen molar-refractivity contribution in [2.75, 3.05) is 40.4 Å². The molecule has 1 heterocycles. The molecule has 0 aromatic heterocycles. The molecule has 0 amide bonds. The third-order valence-corrected chi connectivity index (χ3v) is 3.37. The Morgan fingerprint density at radius 1 is 1.47 bits per heavy atom. The first-order valence-electron chi connectivity index (χ1n) is 7.13. The molecule has 0 spiro atoms. The van der Waals surface area contributed by atoms with Crippen molar-refractivity contribution >= 4 is 29.9 Å². The monoisotopic (exact) mass is 383 g/mol. The highest BCUT2D eigenvalue weighted by Gasteiger charge is 2.18. The Labute approximate surface area is 135 Å². The van der Waals surface area contributed by atoms with Gasteiger partial charge in [0, 0.05) is 39.7 Å². The van der Waals surface area contributed by atoms with Gasteiger partial charge in [0.25, 0.3) is 0 Å². The lowest BCUT2D eigenvalue weighted by molar-refractivity contribution is 0.181. The topological polar surface area (TPSA) is 36.9 Å². The lowest BCUT2D eigenvalue weighted by Gasteiger charge is -2.24. The number of aliphatic imine (C=N–C) groups is 1. The SMILES string of the molecule is CN=C(NCCCC(C)C)N(C)CC1CCOC1.I. The van der Waals surface area contributed by atoms with Gasteiger partial charge >= 0.3 is 0 Å². The van der Waals surface area contributed by atoms with Crippen LogP contribution in [0, 0.1) is 11.8 Å². The van der Waals surface area contributed by atoms with Crippen molar-refractivity contribution in [2.45, 2.75) is 33.1 Å². The molecule has 1 saturated heterocycles. The molecule has 1 unspecified atom stereocenters. The average Bonchev–Trinajstić information content (AvgIpc) is 2.81. The van der Waals surface area contributed by atoms with Crippen LogP contribution >= 0.6 is 24.0 Å². The fraction of sp³-hybridized carbons (Fsp3) is 0.929. The van der Waals surface area contributed by atoms with E-state index in [-0.39, 0.29) is 24.0 Å². The summed E-state index contributed by atoms with van der Waals surface area (Å²) in [5, 5.41) is 3.43. The summed E-state index contributed by atoms with van der Waals surface area (Å²) in [5.74, 6) is 2.44. The molecule has 114 valence electrons. The van der Waals surface area contributed by atoms with Gasteiger partial charge < -0.3 is 15.0 Å². The summed E-state index contributed by atoms with van der Waals surface area (Å²) < 4.78 is 5.41. The van der Waals surface area contributed by atoms with Crippen molar-refractivity contribution in [1.29, 1.82) is 0 Å². The summed E-state index contributed by atoms with van der Waals surface area (Å²) in [6.07, 6.45) is 3.65. The van der Waals surface area contributed by atoms with E-state index in [1.54, 1.807) is 0 Å². The molecule has 0 bridgehead atoms. The van der Waals surface area contributed by atoms with Gasteiger partial charge in [-0.1, -0.05) is 13.8 Å². The van der Waals surface area contributed by atoms with Crippen LogP contribution in [0.5, 0.6) is 0 Å². The Bertz CT molecular complexity index is 253. The smallest absolute Gasteiger partial charge is 0.193 e. The first kappa shape index (κ1) is 19.0. The number of nitrogens with one attached hydrogen (secondary N) is 1. The van der Waals surface area contributed by atoms with Crippen LogP contribution < -0.4 is 5.32 Å². The third kappa shape index (κ3) is 7.97. The van der Waals surface area contributed by atoms with E-state index < -0.39 is 0 Å². The fourth-order valence-electron chi connectivity index (χ4n) is 2.30. The van der Waals surface area contributed by atoms with Gasteiger partial charge in [-0.15, -0.1) is 24.0 Å². The largest absolute Gasteiger partial charge is 0.381 e. The van der Waals surface area contributed by atoms with Crippen LogP contribution in [-0.2, 0) is 4.74 Å². The highest BCUT2D eigenvalue weighted by molar-refractivity contribution is 14.0. The highest BCUT2D eigenvalue weighted by Crippen LogP contribution is 2.13. The number of guanidine groups is 1. The number of ether oxygens (including phenoxy) is 1. The molecule has 0 aromatic carbocycles. The first-order chi connectivity index (χ1) is 8.63. The minimum atomic E-state index is 0. The van der Waals surface area contributed by atoms with E-state index in [9.17, 15) is 0 Å². The van der Waals surface area contributed by atoms with Crippen LogP contribution in [0.25, 0.3) is 0 Å². The molecule has 0 aliphatic carbocycles. The summed E-state index contributed by atoms with van der Waals surface area (Å²) in [6.45, 7) is 8.38. The molecule has 0 radical (unpaired) electrons. The molecular weight excluding hydrogens is 353 g/mol. The van der Waals surface area contributed by atoms with E-state index in [1.165, 1.54) is 19.3 Å². The maximum atomic E-state index is 5.41. The Morgan fingerprint density at radius 2 is 2.21 bits per heavy atom. The Kier molecular flexibility index (Phi) is 10.7. The van der Waals surface area contributed by atoms with Crippen molar-refractivity contribution in [3.05, 3.63) is 0 Å². The molecule has 1 atom stereocenters. The summed E-state index contributed by atoms with van der Waals surface area (Å²) in [5.41, 5.74) is 0. The average molecular weight is 383 g/mol. The summed E-state index contributed by atoms with van der Waals surface area (Å²) in [7, 11) is 3.96. The molecule has 1 N–H and O–H groups in total. The van der Waals surface area contributed by atoms with Gasteiger partial charge in [0.1, 0.15) is 0 Å². The van der Waals surface area contributed by atoms with Crippen molar-refractivity contribution in [3.8, 4) is 0 Å². The second-order valence-corrected chi connectivity index (χ2v) is 5.62. The van der Waals surface area contributed by atoms with Crippen molar-refractivity contribution in [1.82, 2.24) is 10.2 Å². The zero-order valence-electron chi connectivity index (χ0n) is 12.8. The van der Waals surface area contributed by atoms with E-state index in [1.807, 2.05) is 7.05 Å². The van der Waals surface area contributed by atoms with E-state index in [0.29, 0.717) is 5.92 Å². The highest BCUT2D eigenvalue weighted by atomic mass is 127. The summed E-state index contributed by atoms with van der Waals surface area (Å²) in [6, 6.07) is 0. The van der Waals surface area contributed by atoms with Gasteiger partial charge in [-0.05, 0) is 25.2 Å². The number of nitrogens with zero attached hydrogens (tertiary/aromatic N) is 2. The molecule has 19 heavy (non-hydrogen) atoms. The summed E-state index contributed by atoms with van der Waals surface area (Å²) in [4.78, 5) is 6.55. The Balaban J connectivity index is 0.00000324. The predicted molar refractivity (Wildman–Crippen MR) is 92.4 cm³/mol. The minimum Gasteiger partial charge on any atom is -0.381 e. The molecule has 0 saturated carbocycles. The van der Waals surface area contributed by atoms with E-state index in [2.05, 4.69) is 36.1 Å². The second-order valence-electron chi connectivity index (χ2n) is 5.62.